The Morgan fingerprint density at radius 2 is 1.59 bits per heavy atom. The second-order valence-corrected chi connectivity index (χ2v) is 3.52. The van der Waals surface area contributed by atoms with Gasteiger partial charge in [0.1, 0.15) is 5.82 Å². The van der Waals surface area contributed by atoms with Crippen molar-refractivity contribution in [2.45, 2.75) is 0 Å². The fourth-order valence-electron chi connectivity index (χ4n) is 1.36. The smallest absolute Gasteiger partial charge is 0.123 e. The summed E-state index contributed by atoms with van der Waals surface area (Å²) in [5.41, 5.74) is 1.92. The second-order valence-electron chi connectivity index (χ2n) is 3.52. The van der Waals surface area contributed by atoms with E-state index >= 15 is 0 Å². The third kappa shape index (κ3) is 3.62. The summed E-state index contributed by atoms with van der Waals surface area (Å²) in [4.78, 5) is 0. The van der Waals surface area contributed by atoms with Gasteiger partial charge in [0.25, 0.3) is 0 Å². The Balaban J connectivity index is 2.04. The van der Waals surface area contributed by atoms with Crippen molar-refractivity contribution in [2.75, 3.05) is 0 Å². The van der Waals surface area contributed by atoms with Gasteiger partial charge in [-0.3, -0.25) is 0 Å². The van der Waals surface area contributed by atoms with Crippen LogP contribution in [0, 0.1) is 17.7 Å². The van der Waals surface area contributed by atoms with Crippen LogP contribution >= 0.6 is 0 Å². The Morgan fingerprint density at radius 3 is 2.29 bits per heavy atom. The first-order valence-corrected chi connectivity index (χ1v) is 5.33. The first-order valence-electron chi connectivity index (χ1n) is 5.33. The van der Waals surface area contributed by atoms with Gasteiger partial charge in [0, 0.05) is 5.56 Å². The van der Waals surface area contributed by atoms with Crippen LogP contribution in [0.3, 0.4) is 0 Å². The van der Waals surface area contributed by atoms with Crippen LogP contribution in [-0.2, 0) is 0 Å². The van der Waals surface area contributed by atoms with Crippen LogP contribution in [0.2, 0.25) is 0 Å². The van der Waals surface area contributed by atoms with Gasteiger partial charge in [-0.2, -0.15) is 0 Å². The van der Waals surface area contributed by atoms with E-state index in [0.29, 0.717) is 0 Å². The van der Waals surface area contributed by atoms with Crippen molar-refractivity contribution in [2.24, 2.45) is 0 Å². The molecule has 0 unspecified atom stereocenters. The van der Waals surface area contributed by atoms with Crippen molar-refractivity contribution in [1.82, 2.24) is 0 Å². The Kier molecular flexibility index (Phi) is 3.72. The number of hydrogen-bond acceptors (Lipinski definition) is 0. The second kappa shape index (κ2) is 5.67. The predicted octanol–water partition coefficient (Wildman–Crippen LogP) is 3.89. The zero-order valence-corrected chi connectivity index (χ0v) is 9.23. The van der Waals surface area contributed by atoms with E-state index in [4.69, 9.17) is 0 Å². The zero-order valence-electron chi connectivity index (χ0n) is 9.23. The van der Waals surface area contributed by atoms with Gasteiger partial charge in [-0.05, 0) is 42.0 Å². The van der Waals surface area contributed by atoms with E-state index in [1.54, 1.807) is 18.2 Å². The molecule has 0 aliphatic heterocycles. The number of benzene rings is 2. The summed E-state index contributed by atoms with van der Waals surface area (Å²) in [7, 11) is 0. The summed E-state index contributed by atoms with van der Waals surface area (Å²) in [6.07, 6.45) is 3.73. The molecule has 0 saturated carbocycles. The van der Waals surface area contributed by atoms with Crippen molar-refractivity contribution in [3.8, 4) is 11.8 Å². The Hall–Kier alpha value is -2.33. The van der Waals surface area contributed by atoms with E-state index in [0.717, 1.165) is 11.1 Å². The van der Waals surface area contributed by atoms with Crippen LogP contribution in [0.25, 0.3) is 6.08 Å². The van der Waals surface area contributed by atoms with Crippen LogP contribution < -0.4 is 0 Å². The van der Waals surface area contributed by atoms with Crippen molar-refractivity contribution >= 4 is 6.08 Å². The fourth-order valence-corrected chi connectivity index (χ4v) is 1.36. The molecular formula is C16H11F. The molecule has 0 fully saturated rings. The molecule has 0 atom stereocenters. The van der Waals surface area contributed by atoms with E-state index in [1.807, 2.05) is 36.4 Å². The quantitative estimate of drug-likeness (QED) is 0.642. The fraction of sp³-hybridized carbons (Fsp3) is 0. The average Bonchev–Trinajstić information content (AvgIpc) is 2.38. The molecule has 0 N–H and O–H groups in total. The minimum Gasteiger partial charge on any atom is -0.207 e. The van der Waals surface area contributed by atoms with Crippen LogP contribution in [0.1, 0.15) is 11.1 Å². The molecule has 0 amide bonds. The van der Waals surface area contributed by atoms with Gasteiger partial charge in [-0.1, -0.05) is 42.2 Å². The van der Waals surface area contributed by atoms with Gasteiger partial charge >= 0.3 is 0 Å². The molecular weight excluding hydrogens is 211 g/mol. The van der Waals surface area contributed by atoms with E-state index in [2.05, 4.69) is 11.8 Å². The summed E-state index contributed by atoms with van der Waals surface area (Å²) >= 11 is 0. The largest absolute Gasteiger partial charge is 0.207 e. The summed E-state index contributed by atoms with van der Waals surface area (Å²) in [6.45, 7) is 0. The lowest BCUT2D eigenvalue weighted by Crippen LogP contribution is -1.74. The maximum atomic E-state index is 12.6. The monoisotopic (exact) mass is 222 g/mol. The van der Waals surface area contributed by atoms with Crippen LogP contribution in [0.4, 0.5) is 4.39 Å². The lowest BCUT2D eigenvalue weighted by atomic mass is 10.2. The van der Waals surface area contributed by atoms with E-state index in [1.165, 1.54) is 12.1 Å². The third-order valence-corrected chi connectivity index (χ3v) is 2.22. The molecule has 0 radical (unpaired) electrons. The first-order chi connectivity index (χ1) is 8.34. The highest BCUT2D eigenvalue weighted by Crippen LogP contribution is 2.02. The number of hydrogen-bond donors (Lipinski definition) is 0. The topological polar surface area (TPSA) is 0 Å². The van der Waals surface area contributed by atoms with Crippen LogP contribution in [-0.4, -0.2) is 0 Å². The normalized spacial score (nSPS) is 9.94. The highest BCUT2D eigenvalue weighted by atomic mass is 19.1. The molecule has 0 bridgehead atoms. The Morgan fingerprint density at radius 1 is 0.882 bits per heavy atom. The molecule has 0 aliphatic carbocycles. The van der Waals surface area contributed by atoms with Crippen molar-refractivity contribution in [3.05, 3.63) is 77.6 Å². The lowest BCUT2D eigenvalue weighted by Gasteiger charge is -1.89. The number of allylic oxidation sites excluding steroid dienone is 1. The molecule has 0 saturated heterocycles. The van der Waals surface area contributed by atoms with Gasteiger partial charge in [-0.15, -0.1) is 0 Å². The molecule has 2 aromatic rings. The summed E-state index contributed by atoms with van der Waals surface area (Å²) in [6, 6.07) is 16.1. The minimum atomic E-state index is -0.240. The molecule has 2 aromatic carbocycles. The van der Waals surface area contributed by atoms with Crippen molar-refractivity contribution in [3.63, 3.8) is 0 Å². The molecule has 2 rings (SSSR count). The van der Waals surface area contributed by atoms with E-state index < -0.39 is 0 Å². The van der Waals surface area contributed by atoms with Crippen molar-refractivity contribution < 1.29 is 4.39 Å². The van der Waals surface area contributed by atoms with Crippen LogP contribution in [0.5, 0.6) is 0 Å². The zero-order chi connectivity index (χ0) is 11.9. The van der Waals surface area contributed by atoms with Crippen LogP contribution in [0.15, 0.2) is 60.7 Å². The van der Waals surface area contributed by atoms with Gasteiger partial charge in [0.2, 0.25) is 0 Å². The first kappa shape index (κ1) is 11.2. The summed E-state index contributed by atoms with van der Waals surface area (Å²) < 4.78 is 12.6. The number of halogens is 1. The molecule has 0 aromatic heterocycles. The minimum absolute atomic E-state index is 0.240. The molecule has 0 nitrogen and oxygen atoms in total. The highest BCUT2D eigenvalue weighted by Gasteiger charge is 1.87. The average molecular weight is 222 g/mol. The molecule has 0 aliphatic rings. The SMILES string of the molecule is Fc1ccc(C#C/C=C/c2ccccc2)cc1. The highest BCUT2D eigenvalue weighted by molar-refractivity contribution is 5.53. The van der Waals surface area contributed by atoms with Crippen molar-refractivity contribution in [1.29, 1.82) is 0 Å². The summed E-state index contributed by atoms with van der Waals surface area (Å²) in [5, 5.41) is 0. The van der Waals surface area contributed by atoms with E-state index in [9.17, 15) is 4.39 Å². The maximum Gasteiger partial charge on any atom is 0.123 e. The molecule has 17 heavy (non-hydrogen) atoms. The van der Waals surface area contributed by atoms with Gasteiger partial charge < -0.3 is 0 Å². The lowest BCUT2D eigenvalue weighted by molar-refractivity contribution is 0.627. The van der Waals surface area contributed by atoms with Gasteiger partial charge in [0.15, 0.2) is 0 Å². The number of rotatable bonds is 1. The molecule has 1 heteroatoms. The van der Waals surface area contributed by atoms with E-state index in [-0.39, 0.29) is 5.82 Å². The predicted molar refractivity (Wildman–Crippen MR) is 68.8 cm³/mol. The standard InChI is InChI=1S/C16H11F/c17-16-12-10-15(11-13-16)9-5-4-8-14-6-2-1-3-7-14/h1-4,6-8,10-13H/b8-4+. The Labute approximate surface area is 100 Å². The molecule has 82 valence electrons. The van der Waals surface area contributed by atoms with Gasteiger partial charge in [-0.25, -0.2) is 4.39 Å². The maximum absolute atomic E-state index is 12.6. The summed E-state index contributed by atoms with van der Waals surface area (Å²) in [5.74, 6) is 5.61. The third-order valence-electron chi connectivity index (χ3n) is 2.22. The molecule has 0 spiro atoms. The van der Waals surface area contributed by atoms with Gasteiger partial charge in [0.05, 0.1) is 0 Å². The molecule has 0 heterocycles. The Bertz CT molecular complexity index is 554.